The Morgan fingerprint density at radius 1 is 1.30 bits per heavy atom. The van der Waals surface area contributed by atoms with Gasteiger partial charge in [0.05, 0.1) is 13.2 Å². The molecule has 0 saturated heterocycles. The lowest BCUT2D eigenvalue weighted by atomic mass is 10.0. The van der Waals surface area contributed by atoms with Crippen LogP contribution in [0.5, 0.6) is 5.75 Å². The molecule has 1 N–H and O–H groups in total. The lowest BCUT2D eigenvalue weighted by Crippen LogP contribution is -2.02. The van der Waals surface area contributed by atoms with Gasteiger partial charge in [-0.05, 0) is 41.5 Å². The highest BCUT2D eigenvalue weighted by Crippen LogP contribution is 2.27. The number of methoxy groups -OCH3 is 1. The number of ether oxygens (including phenoxy) is 1. The van der Waals surface area contributed by atoms with E-state index in [-0.39, 0.29) is 5.75 Å². The minimum atomic E-state index is -0.752. The van der Waals surface area contributed by atoms with Crippen LogP contribution in [0.3, 0.4) is 0 Å². The average molecular weight is 360 g/mol. The highest BCUT2D eigenvalue weighted by molar-refractivity contribution is 9.10. The molecule has 1 unspecified atom stereocenters. The van der Waals surface area contributed by atoms with E-state index < -0.39 is 11.9 Å². The highest BCUT2D eigenvalue weighted by Gasteiger charge is 2.12. The summed E-state index contributed by atoms with van der Waals surface area (Å²) in [5.74, 6) is -0.252. The lowest BCUT2D eigenvalue weighted by Gasteiger charge is -2.13. The van der Waals surface area contributed by atoms with Crippen molar-refractivity contribution in [1.82, 2.24) is 0 Å². The van der Waals surface area contributed by atoms with Crippen LogP contribution in [0.15, 0.2) is 40.9 Å². The molecule has 0 aromatic heterocycles. The molecule has 0 aliphatic heterocycles. The summed E-state index contributed by atoms with van der Waals surface area (Å²) in [7, 11) is 1.41. The third-order valence-corrected chi connectivity index (χ3v) is 3.59. The van der Waals surface area contributed by atoms with E-state index in [2.05, 4.69) is 15.9 Å². The van der Waals surface area contributed by atoms with E-state index in [0.717, 1.165) is 4.47 Å². The second-order valence-corrected chi connectivity index (χ2v) is 5.74. The molecule has 2 rings (SSSR count). The Balaban J connectivity index is 2.18. The molecule has 0 fully saturated rings. The second-order valence-electron chi connectivity index (χ2n) is 4.39. The summed E-state index contributed by atoms with van der Waals surface area (Å²) in [6.07, 6.45) is -0.453. The standard InChI is InChI=1S/C15H13BrClFO2/c1-20-15-3-2-9(4-13(15)18)5-14(19)10-6-11(16)8-12(17)7-10/h2-4,6-8,14,19H,5H2,1H3. The number of benzene rings is 2. The topological polar surface area (TPSA) is 29.5 Å². The first-order chi connectivity index (χ1) is 9.49. The van der Waals surface area contributed by atoms with Crippen molar-refractivity contribution in [2.24, 2.45) is 0 Å². The normalized spacial score (nSPS) is 12.2. The van der Waals surface area contributed by atoms with Gasteiger partial charge in [0.2, 0.25) is 0 Å². The molecular weight excluding hydrogens is 347 g/mol. The van der Waals surface area contributed by atoms with Crippen molar-refractivity contribution < 1.29 is 14.2 Å². The molecule has 0 radical (unpaired) electrons. The van der Waals surface area contributed by atoms with Crippen molar-refractivity contribution in [3.8, 4) is 5.75 Å². The Morgan fingerprint density at radius 3 is 2.65 bits per heavy atom. The molecule has 0 aliphatic carbocycles. The van der Waals surface area contributed by atoms with Crippen LogP contribution in [0.25, 0.3) is 0 Å². The molecule has 0 aliphatic rings. The van der Waals surface area contributed by atoms with E-state index in [4.69, 9.17) is 16.3 Å². The number of rotatable bonds is 4. The van der Waals surface area contributed by atoms with Gasteiger partial charge in [0.25, 0.3) is 0 Å². The van der Waals surface area contributed by atoms with Crippen LogP contribution < -0.4 is 4.74 Å². The average Bonchev–Trinajstić information content (AvgIpc) is 2.37. The first-order valence-electron chi connectivity index (χ1n) is 5.96. The molecule has 0 bridgehead atoms. The fourth-order valence-electron chi connectivity index (χ4n) is 1.95. The molecule has 0 amide bonds. The van der Waals surface area contributed by atoms with Crippen LogP contribution >= 0.6 is 27.5 Å². The van der Waals surface area contributed by atoms with Crippen molar-refractivity contribution >= 4 is 27.5 Å². The van der Waals surface area contributed by atoms with Gasteiger partial charge in [-0.3, -0.25) is 0 Å². The van der Waals surface area contributed by atoms with Gasteiger partial charge in [0.1, 0.15) is 0 Å². The molecule has 0 saturated carbocycles. The molecule has 2 nitrogen and oxygen atoms in total. The number of aliphatic hydroxyl groups excluding tert-OH is 1. The summed E-state index contributed by atoms with van der Waals surface area (Å²) >= 11 is 9.27. The zero-order chi connectivity index (χ0) is 14.7. The molecule has 2 aromatic rings. The van der Waals surface area contributed by atoms with Gasteiger partial charge in [-0.2, -0.15) is 0 Å². The fraction of sp³-hybridized carbons (Fsp3) is 0.200. The smallest absolute Gasteiger partial charge is 0.165 e. The Bertz CT molecular complexity index is 599. The van der Waals surface area contributed by atoms with Crippen LogP contribution in [-0.2, 0) is 6.42 Å². The third kappa shape index (κ3) is 3.72. The largest absolute Gasteiger partial charge is 0.494 e. The van der Waals surface area contributed by atoms with Gasteiger partial charge in [0, 0.05) is 15.9 Å². The van der Waals surface area contributed by atoms with Crippen molar-refractivity contribution in [2.75, 3.05) is 7.11 Å². The molecule has 2 aromatic carbocycles. The quantitative estimate of drug-likeness (QED) is 0.869. The van der Waals surface area contributed by atoms with Crippen molar-refractivity contribution in [1.29, 1.82) is 0 Å². The summed E-state index contributed by atoms with van der Waals surface area (Å²) in [4.78, 5) is 0. The molecular formula is C15H13BrClFO2. The SMILES string of the molecule is COc1ccc(CC(O)c2cc(Cl)cc(Br)c2)cc1F. The number of halogens is 3. The predicted octanol–water partition coefficient (Wildman–Crippen LogP) is 4.53. The van der Waals surface area contributed by atoms with Gasteiger partial charge in [-0.1, -0.05) is 33.6 Å². The van der Waals surface area contributed by atoms with Crippen molar-refractivity contribution in [3.63, 3.8) is 0 Å². The maximum atomic E-state index is 13.6. The second kappa shape index (κ2) is 6.57. The number of hydrogen-bond acceptors (Lipinski definition) is 2. The molecule has 20 heavy (non-hydrogen) atoms. The molecule has 0 heterocycles. The van der Waals surface area contributed by atoms with Crippen LogP contribution in [0.1, 0.15) is 17.2 Å². The van der Waals surface area contributed by atoms with Crippen molar-refractivity contribution in [3.05, 3.63) is 62.8 Å². The predicted molar refractivity (Wildman–Crippen MR) is 80.8 cm³/mol. The Morgan fingerprint density at radius 2 is 2.05 bits per heavy atom. The zero-order valence-electron chi connectivity index (χ0n) is 10.7. The van der Waals surface area contributed by atoms with Gasteiger partial charge >= 0.3 is 0 Å². The van der Waals surface area contributed by atoms with Gasteiger partial charge < -0.3 is 9.84 Å². The highest BCUT2D eigenvalue weighted by atomic mass is 79.9. The summed E-state index contributed by atoms with van der Waals surface area (Å²) in [5, 5.41) is 10.7. The third-order valence-electron chi connectivity index (χ3n) is 2.91. The Hall–Kier alpha value is -1.10. The number of aliphatic hydroxyl groups is 1. The van der Waals surface area contributed by atoms with E-state index in [1.807, 2.05) is 0 Å². The first kappa shape index (κ1) is 15.3. The molecule has 0 spiro atoms. The first-order valence-corrected chi connectivity index (χ1v) is 7.13. The minimum Gasteiger partial charge on any atom is -0.494 e. The monoisotopic (exact) mass is 358 g/mol. The van der Waals surface area contributed by atoms with E-state index >= 15 is 0 Å². The molecule has 106 valence electrons. The van der Waals surface area contributed by atoms with Crippen LogP contribution in [0, 0.1) is 5.82 Å². The van der Waals surface area contributed by atoms with Gasteiger partial charge in [-0.15, -0.1) is 0 Å². The number of hydrogen-bond donors (Lipinski definition) is 1. The Kier molecular flexibility index (Phi) is 5.02. The minimum absolute atomic E-state index is 0.189. The van der Waals surface area contributed by atoms with E-state index in [1.54, 1.807) is 30.3 Å². The zero-order valence-corrected chi connectivity index (χ0v) is 13.1. The van der Waals surface area contributed by atoms with Gasteiger partial charge in [0.15, 0.2) is 11.6 Å². The van der Waals surface area contributed by atoms with Crippen molar-refractivity contribution in [2.45, 2.75) is 12.5 Å². The summed E-state index contributed by atoms with van der Waals surface area (Å²) in [5.41, 5.74) is 1.37. The summed E-state index contributed by atoms with van der Waals surface area (Å²) in [6.45, 7) is 0. The fourth-order valence-corrected chi connectivity index (χ4v) is 2.83. The van der Waals surface area contributed by atoms with Crippen LogP contribution in [0.2, 0.25) is 5.02 Å². The summed E-state index contributed by atoms with van der Waals surface area (Å²) in [6, 6.07) is 9.86. The van der Waals surface area contributed by atoms with E-state index in [0.29, 0.717) is 22.6 Å². The molecule has 1 atom stereocenters. The lowest BCUT2D eigenvalue weighted by molar-refractivity contribution is 0.178. The maximum Gasteiger partial charge on any atom is 0.165 e. The summed E-state index contributed by atoms with van der Waals surface area (Å²) < 4.78 is 19.2. The van der Waals surface area contributed by atoms with Gasteiger partial charge in [-0.25, -0.2) is 4.39 Å². The van der Waals surface area contributed by atoms with Crippen LogP contribution in [0.4, 0.5) is 4.39 Å². The van der Waals surface area contributed by atoms with E-state index in [9.17, 15) is 9.50 Å². The maximum absolute atomic E-state index is 13.6. The van der Waals surface area contributed by atoms with Crippen LogP contribution in [-0.4, -0.2) is 12.2 Å². The molecule has 5 heteroatoms. The Labute approximate surface area is 130 Å². The van der Waals surface area contributed by atoms with E-state index in [1.165, 1.54) is 13.2 Å².